The van der Waals surface area contributed by atoms with Crippen molar-refractivity contribution in [3.8, 4) is 0 Å². The summed E-state index contributed by atoms with van der Waals surface area (Å²) in [5, 5.41) is 1.54. The predicted molar refractivity (Wildman–Crippen MR) is 110 cm³/mol. The number of sulfone groups is 1. The summed E-state index contributed by atoms with van der Waals surface area (Å²) in [7, 11) is -3.60. The molecule has 1 aromatic heterocycles. The quantitative estimate of drug-likeness (QED) is 0.585. The first-order valence-corrected chi connectivity index (χ1v) is 10.3. The van der Waals surface area contributed by atoms with E-state index in [1.165, 1.54) is 11.8 Å². The van der Waals surface area contributed by atoms with Gasteiger partial charge in [0.05, 0.1) is 15.4 Å². The predicted octanol–water partition coefficient (Wildman–Crippen LogP) is 4.12. The van der Waals surface area contributed by atoms with Crippen molar-refractivity contribution in [2.75, 3.05) is 12.3 Å². The molecule has 3 aromatic rings. The van der Waals surface area contributed by atoms with Crippen LogP contribution in [-0.2, 0) is 16.4 Å². The van der Waals surface area contributed by atoms with Gasteiger partial charge in [-0.15, -0.1) is 28.7 Å². The van der Waals surface area contributed by atoms with Crippen molar-refractivity contribution in [1.29, 1.82) is 0 Å². The Morgan fingerprint density at radius 2 is 1.68 bits per heavy atom. The fourth-order valence-corrected chi connectivity index (χ4v) is 5.83. The van der Waals surface area contributed by atoms with Crippen LogP contribution in [0.3, 0.4) is 0 Å². The Hall–Kier alpha value is -1.28. The molecule has 2 N–H and O–H groups in total. The topological polar surface area (TPSA) is 65.1 Å². The van der Waals surface area contributed by atoms with Crippen LogP contribution in [0.1, 0.15) is 6.92 Å². The first kappa shape index (κ1) is 20.0. The molecule has 0 saturated heterocycles. The van der Waals surface area contributed by atoms with E-state index in [9.17, 15) is 8.42 Å². The minimum atomic E-state index is -3.60. The fourth-order valence-electron chi connectivity index (χ4n) is 2.84. The van der Waals surface area contributed by atoms with Gasteiger partial charge in [0, 0.05) is 24.2 Å². The van der Waals surface area contributed by atoms with Crippen LogP contribution in [0.2, 0.25) is 0 Å². The lowest BCUT2D eigenvalue weighted by atomic mass is 10.2. The number of hydrogen-bond acceptors (Lipinski definition) is 4. The van der Waals surface area contributed by atoms with E-state index < -0.39 is 9.84 Å². The third-order valence-electron chi connectivity index (χ3n) is 3.87. The van der Waals surface area contributed by atoms with Crippen molar-refractivity contribution >= 4 is 49.5 Å². The summed E-state index contributed by atoms with van der Waals surface area (Å²) in [6, 6.07) is 16.3. The number of aryl methyl sites for hydroxylation is 1. The molecule has 134 valence electrons. The van der Waals surface area contributed by atoms with Crippen LogP contribution < -0.4 is 5.73 Å². The molecule has 0 unspecified atom stereocenters. The van der Waals surface area contributed by atoms with Gasteiger partial charge in [-0.3, -0.25) is 0 Å². The molecule has 0 fully saturated rings. The van der Waals surface area contributed by atoms with Gasteiger partial charge < -0.3 is 10.3 Å². The second kappa shape index (κ2) is 8.40. The third kappa shape index (κ3) is 3.65. The Labute approximate surface area is 163 Å². The van der Waals surface area contributed by atoms with Crippen LogP contribution in [0, 0.1) is 0 Å². The molecule has 0 aliphatic heterocycles. The van der Waals surface area contributed by atoms with E-state index in [1.807, 2.05) is 37.3 Å². The smallest absolute Gasteiger partial charge is 0.209 e. The molecule has 0 aliphatic rings. The van der Waals surface area contributed by atoms with Gasteiger partial charge in [0.1, 0.15) is 4.90 Å². The number of thioether (sulfide) groups is 1. The van der Waals surface area contributed by atoms with Gasteiger partial charge in [-0.1, -0.05) is 36.4 Å². The van der Waals surface area contributed by atoms with Crippen molar-refractivity contribution in [3.63, 3.8) is 0 Å². The highest BCUT2D eigenvalue weighted by atomic mass is 79.9. The van der Waals surface area contributed by atoms with E-state index in [0.717, 1.165) is 15.9 Å². The molecule has 1 heterocycles. The van der Waals surface area contributed by atoms with Gasteiger partial charge >= 0.3 is 0 Å². The Balaban J connectivity index is 0.00000225. The van der Waals surface area contributed by atoms with Crippen LogP contribution in [-0.4, -0.2) is 25.3 Å². The van der Waals surface area contributed by atoms with Crippen molar-refractivity contribution < 1.29 is 8.42 Å². The van der Waals surface area contributed by atoms with Crippen molar-refractivity contribution in [2.45, 2.75) is 28.3 Å². The van der Waals surface area contributed by atoms with Gasteiger partial charge in [0.15, 0.2) is 0 Å². The Kier molecular flexibility index (Phi) is 6.73. The standard InChI is InChI=1S/C18H20N2O2S2.BrH/c1-2-20-16-11-7-6-10-15(16)17(18(20)23-13-12-19)24(21,22)14-8-4-3-5-9-14;/h3-11H,2,12-13,19H2,1H3;1H. The number of aromatic nitrogens is 1. The number of nitrogens with zero attached hydrogens (tertiary/aromatic N) is 1. The number of halogens is 1. The highest BCUT2D eigenvalue weighted by Gasteiger charge is 2.28. The summed E-state index contributed by atoms with van der Waals surface area (Å²) in [6.07, 6.45) is 0. The minimum Gasteiger partial charge on any atom is -0.335 e. The molecule has 0 amide bonds. The first-order valence-electron chi connectivity index (χ1n) is 7.85. The fraction of sp³-hybridized carbons (Fsp3) is 0.222. The van der Waals surface area contributed by atoms with Crippen molar-refractivity contribution in [3.05, 3.63) is 54.6 Å². The number of benzene rings is 2. The molecule has 25 heavy (non-hydrogen) atoms. The number of hydrogen-bond donors (Lipinski definition) is 1. The van der Waals surface area contributed by atoms with E-state index in [2.05, 4.69) is 4.57 Å². The normalized spacial score (nSPS) is 11.4. The van der Waals surface area contributed by atoms with E-state index in [4.69, 9.17) is 5.73 Å². The zero-order chi connectivity index (χ0) is 17.2. The minimum absolute atomic E-state index is 0. The van der Waals surface area contributed by atoms with Gasteiger partial charge in [-0.25, -0.2) is 8.42 Å². The van der Waals surface area contributed by atoms with E-state index in [-0.39, 0.29) is 17.0 Å². The van der Waals surface area contributed by atoms with Gasteiger partial charge in [0.2, 0.25) is 9.84 Å². The molecule has 3 rings (SSSR count). The largest absolute Gasteiger partial charge is 0.335 e. The summed E-state index contributed by atoms with van der Waals surface area (Å²) < 4.78 is 28.7. The Morgan fingerprint density at radius 3 is 2.32 bits per heavy atom. The summed E-state index contributed by atoms with van der Waals surface area (Å²) in [4.78, 5) is 0.711. The first-order chi connectivity index (χ1) is 11.6. The summed E-state index contributed by atoms with van der Waals surface area (Å²) in [5.41, 5.74) is 6.59. The highest BCUT2D eigenvalue weighted by molar-refractivity contribution is 8.93. The van der Waals surface area contributed by atoms with Crippen LogP contribution in [0.15, 0.2) is 69.4 Å². The third-order valence-corrected chi connectivity index (χ3v) is 6.98. The number of para-hydroxylation sites is 1. The maximum atomic E-state index is 13.3. The molecule has 0 saturated carbocycles. The Morgan fingerprint density at radius 1 is 1.04 bits per heavy atom. The van der Waals surface area contributed by atoms with Crippen LogP contribution in [0.4, 0.5) is 0 Å². The molecule has 0 spiro atoms. The number of fused-ring (bicyclic) bond motifs is 1. The van der Waals surface area contributed by atoms with E-state index in [0.29, 0.717) is 28.6 Å². The highest BCUT2D eigenvalue weighted by Crippen LogP contribution is 2.39. The molecule has 4 nitrogen and oxygen atoms in total. The molecule has 0 radical (unpaired) electrons. The van der Waals surface area contributed by atoms with Gasteiger partial charge in [0.25, 0.3) is 0 Å². The van der Waals surface area contributed by atoms with Crippen LogP contribution >= 0.6 is 28.7 Å². The average molecular weight is 441 g/mol. The maximum Gasteiger partial charge on any atom is 0.209 e. The molecular weight excluding hydrogens is 420 g/mol. The molecular formula is C18H21BrN2O2S2. The molecule has 2 aromatic carbocycles. The second-order valence-corrected chi connectivity index (χ2v) is 8.32. The van der Waals surface area contributed by atoms with E-state index in [1.54, 1.807) is 24.3 Å². The van der Waals surface area contributed by atoms with Crippen molar-refractivity contribution in [2.24, 2.45) is 5.73 Å². The summed E-state index contributed by atoms with van der Waals surface area (Å²) >= 11 is 1.50. The van der Waals surface area contributed by atoms with Crippen LogP contribution in [0.25, 0.3) is 10.9 Å². The number of nitrogens with two attached hydrogens (primary N) is 1. The zero-order valence-electron chi connectivity index (χ0n) is 13.9. The van der Waals surface area contributed by atoms with Crippen molar-refractivity contribution in [1.82, 2.24) is 4.57 Å². The molecule has 7 heteroatoms. The summed E-state index contributed by atoms with van der Waals surface area (Å²) in [6.45, 7) is 3.23. The van der Waals surface area contributed by atoms with E-state index >= 15 is 0 Å². The number of rotatable bonds is 6. The Bertz CT molecular complexity index is 954. The second-order valence-electron chi connectivity index (χ2n) is 5.35. The lowest BCUT2D eigenvalue weighted by molar-refractivity contribution is 0.591. The average Bonchev–Trinajstić information content (AvgIpc) is 2.94. The SMILES string of the molecule is Br.CCn1c(SCCN)c(S(=O)(=O)c2ccccc2)c2ccccc21. The summed E-state index contributed by atoms with van der Waals surface area (Å²) in [5.74, 6) is 0.674. The maximum absolute atomic E-state index is 13.3. The van der Waals surface area contributed by atoms with Gasteiger partial charge in [-0.2, -0.15) is 0 Å². The van der Waals surface area contributed by atoms with Crippen LogP contribution in [0.5, 0.6) is 0 Å². The molecule has 0 bridgehead atoms. The molecule has 0 aliphatic carbocycles. The van der Waals surface area contributed by atoms with Gasteiger partial charge in [-0.05, 0) is 25.1 Å². The lowest BCUT2D eigenvalue weighted by Crippen LogP contribution is -2.07. The lowest BCUT2D eigenvalue weighted by Gasteiger charge is -2.10. The zero-order valence-corrected chi connectivity index (χ0v) is 17.2. The monoisotopic (exact) mass is 440 g/mol. The molecule has 0 atom stereocenters.